The van der Waals surface area contributed by atoms with Crippen LogP contribution in [0.15, 0.2) is 76.9 Å². The molecule has 1 N–H and O–H groups in total. The lowest BCUT2D eigenvalue weighted by Crippen LogP contribution is -2.32. The molecular weight excluding hydrogens is 300 g/mol. The van der Waals surface area contributed by atoms with Crippen molar-refractivity contribution in [2.75, 3.05) is 6.61 Å². The molecule has 4 nitrogen and oxygen atoms in total. The second-order valence-corrected chi connectivity index (χ2v) is 5.54. The van der Waals surface area contributed by atoms with Gasteiger partial charge in [0.15, 0.2) is 0 Å². The van der Waals surface area contributed by atoms with Gasteiger partial charge in [0, 0.05) is 11.3 Å². The zero-order valence-electron chi connectivity index (χ0n) is 13.8. The van der Waals surface area contributed by atoms with Crippen LogP contribution in [0.3, 0.4) is 0 Å². The molecule has 0 aromatic heterocycles. The average molecular weight is 320 g/mol. The minimum Gasteiger partial charge on any atom is -0.463 e. The standard InChI is InChI=1S/C20H20N2O2/c1-3-24-20(23)17-14(2)21-19(16-12-8-5-9-13-16)22-18(17)15-10-6-4-7-11-15/h4-13,18H,3H2,1-2H3,(H,21,22). The van der Waals surface area contributed by atoms with E-state index in [2.05, 4.69) is 5.32 Å². The summed E-state index contributed by atoms with van der Waals surface area (Å²) in [4.78, 5) is 17.3. The van der Waals surface area contributed by atoms with E-state index in [0.29, 0.717) is 12.2 Å². The van der Waals surface area contributed by atoms with Crippen LogP contribution in [0.5, 0.6) is 0 Å². The SMILES string of the molecule is CCOC(=O)C1=C(C)NC(c2ccccc2)=NC1c1ccccc1. The molecule has 0 spiro atoms. The first-order chi connectivity index (χ1) is 11.7. The highest BCUT2D eigenvalue weighted by Gasteiger charge is 2.30. The van der Waals surface area contributed by atoms with Gasteiger partial charge >= 0.3 is 5.97 Å². The number of carbonyl (C=O) groups is 1. The lowest BCUT2D eigenvalue weighted by molar-refractivity contribution is -0.138. The quantitative estimate of drug-likeness (QED) is 0.876. The molecule has 4 heteroatoms. The van der Waals surface area contributed by atoms with Gasteiger partial charge in [0.1, 0.15) is 11.9 Å². The van der Waals surface area contributed by atoms with Crippen molar-refractivity contribution in [2.24, 2.45) is 4.99 Å². The zero-order chi connectivity index (χ0) is 16.9. The summed E-state index contributed by atoms with van der Waals surface area (Å²) < 4.78 is 5.24. The van der Waals surface area contributed by atoms with E-state index < -0.39 is 0 Å². The van der Waals surface area contributed by atoms with Gasteiger partial charge in [-0.15, -0.1) is 0 Å². The van der Waals surface area contributed by atoms with Crippen molar-refractivity contribution < 1.29 is 9.53 Å². The predicted molar refractivity (Wildman–Crippen MR) is 94.6 cm³/mol. The van der Waals surface area contributed by atoms with Gasteiger partial charge in [-0.2, -0.15) is 0 Å². The number of amidine groups is 1. The van der Waals surface area contributed by atoms with E-state index in [1.54, 1.807) is 6.92 Å². The third-order valence-corrected chi connectivity index (χ3v) is 3.90. The van der Waals surface area contributed by atoms with E-state index in [0.717, 1.165) is 22.7 Å². The van der Waals surface area contributed by atoms with Crippen molar-refractivity contribution in [3.63, 3.8) is 0 Å². The molecule has 1 aliphatic rings. The van der Waals surface area contributed by atoms with E-state index in [1.807, 2.05) is 67.6 Å². The van der Waals surface area contributed by atoms with Gasteiger partial charge in [-0.1, -0.05) is 60.7 Å². The summed E-state index contributed by atoms with van der Waals surface area (Å²) in [7, 11) is 0. The maximum atomic E-state index is 12.4. The summed E-state index contributed by atoms with van der Waals surface area (Å²) in [6, 6.07) is 19.3. The van der Waals surface area contributed by atoms with Crippen LogP contribution in [-0.2, 0) is 9.53 Å². The highest BCUT2D eigenvalue weighted by Crippen LogP contribution is 2.32. The molecule has 24 heavy (non-hydrogen) atoms. The molecule has 0 bridgehead atoms. The smallest absolute Gasteiger partial charge is 0.338 e. The Hall–Kier alpha value is -2.88. The number of aliphatic imine (C=N–C) groups is 1. The Balaban J connectivity index is 2.06. The van der Waals surface area contributed by atoms with Crippen LogP contribution < -0.4 is 5.32 Å². The molecule has 0 radical (unpaired) electrons. The number of nitrogens with one attached hydrogen (secondary N) is 1. The van der Waals surface area contributed by atoms with Crippen molar-refractivity contribution in [2.45, 2.75) is 19.9 Å². The zero-order valence-corrected chi connectivity index (χ0v) is 13.8. The maximum Gasteiger partial charge on any atom is 0.338 e. The highest BCUT2D eigenvalue weighted by atomic mass is 16.5. The second kappa shape index (κ2) is 7.13. The van der Waals surface area contributed by atoms with Gasteiger partial charge in [-0.05, 0) is 19.4 Å². The molecule has 3 rings (SSSR count). The molecule has 0 saturated heterocycles. The first-order valence-electron chi connectivity index (χ1n) is 8.03. The molecule has 2 aromatic carbocycles. The normalized spacial score (nSPS) is 17.1. The third kappa shape index (κ3) is 3.23. The maximum absolute atomic E-state index is 12.4. The Kier molecular flexibility index (Phi) is 4.75. The molecule has 122 valence electrons. The summed E-state index contributed by atoms with van der Waals surface area (Å²) in [5.41, 5.74) is 3.29. The Labute approximate surface area is 141 Å². The van der Waals surface area contributed by atoms with Gasteiger partial charge in [0.05, 0.1) is 12.2 Å². The molecule has 2 aromatic rings. The van der Waals surface area contributed by atoms with Crippen LogP contribution >= 0.6 is 0 Å². The Morgan fingerprint density at radius 3 is 2.33 bits per heavy atom. The predicted octanol–water partition coefficient (Wildman–Crippen LogP) is 3.61. The van der Waals surface area contributed by atoms with Gasteiger partial charge in [0.25, 0.3) is 0 Å². The number of hydrogen-bond donors (Lipinski definition) is 1. The fourth-order valence-electron chi connectivity index (χ4n) is 2.77. The van der Waals surface area contributed by atoms with Gasteiger partial charge in [0.2, 0.25) is 0 Å². The van der Waals surface area contributed by atoms with E-state index in [1.165, 1.54) is 0 Å². The number of carbonyl (C=O) groups excluding carboxylic acids is 1. The molecular formula is C20H20N2O2. The van der Waals surface area contributed by atoms with Crippen molar-refractivity contribution in [3.8, 4) is 0 Å². The first-order valence-corrected chi connectivity index (χ1v) is 8.03. The molecule has 0 amide bonds. The lowest BCUT2D eigenvalue weighted by atomic mass is 9.95. The van der Waals surface area contributed by atoms with E-state index >= 15 is 0 Å². The van der Waals surface area contributed by atoms with Crippen molar-refractivity contribution in [1.82, 2.24) is 5.32 Å². The number of ether oxygens (including phenoxy) is 1. The topological polar surface area (TPSA) is 50.7 Å². The minimum atomic E-state index is -0.373. The largest absolute Gasteiger partial charge is 0.463 e. The van der Waals surface area contributed by atoms with E-state index in [9.17, 15) is 4.79 Å². The van der Waals surface area contributed by atoms with Crippen molar-refractivity contribution in [3.05, 3.63) is 83.1 Å². The summed E-state index contributed by atoms with van der Waals surface area (Å²) in [6.07, 6.45) is 0. The fraction of sp³-hybridized carbons (Fsp3) is 0.200. The van der Waals surface area contributed by atoms with Crippen LogP contribution in [0.4, 0.5) is 0 Å². The number of nitrogens with zero attached hydrogens (tertiary/aromatic N) is 1. The Morgan fingerprint density at radius 1 is 1.08 bits per heavy atom. The fourth-order valence-corrected chi connectivity index (χ4v) is 2.77. The van der Waals surface area contributed by atoms with Gasteiger partial charge < -0.3 is 10.1 Å². The number of rotatable bonds is 4. The molecule has 0 saturated carbocycles. The van der Waals surface area contributed by atoms with E-state index in [4.69, 9.17) is 9.73 Å². The molecule has 0 aliphatic carbocycles. The number of hydrogen-bond acceptors (Lipinski definition) is 4. The van der Waals surface area contributed by atoms with Gasteiger partial charge in [-0.25, -0.2) is 4.79 Å². The van der Waals surface area contributed by atoms with Gasteiger partial charge in [-0.3, -0.25) is 4.99 Å². The van der Waals surface area contributed by atoms with Crippen LogP contribution in [-0.4, -0.2) is 18.4 Å². The first kappa shape index (κ1) is 16.0. The molecule has 1 heterocycles. The average Bonchev–Trinajstić information content (AvgIpc) is 2.62. The van der Waals surface area contributed by atoms with Crippen molar-refractivity contribution >= 4 is 11.8 Å². The van der Waals surface area contributed by atoms with Crippen LogP contribution in [0, 0.1) is 0 Å². The number of benzene rings is 2. The number of esters is 1. The monoisotopic (exact) mass is 320 g/mol. The summed E-state index contributed by atoms with van der Waals surface area (Å²) in [5.74, 6) is 0.433. The second-order valence-electron chi connectivity index (χ2n) is 5.54. The van der Waals surface area contributed by atoms with Crippen molar-refractivity contribution in [1.29, 1.82) is 0 Å². The van der Waals surface area contributed by atoms with Crippen LogP contribution in [0.2, 0.25) is 0 Å². The Morgan fingerprint density at radius 2 is 1.71 bits per heavy atom. The minimum absolute atomic E-state index is 0.327. The van der Waals surface area contributed by atoms with Crippen LogP contribution in [0.1, 0.15) is 31.0 Å². The summed E-state index contributed by atoms with van der Waals surface area (Å²) >= 11 is 0. The van der Waals surface area contributed by atoms with E-state index in [-0.39, 0.29) is 12.0 Å². The highest BCUT2D eigenvalue weighted by molar-refractivity contribution is 6.03. The number of allylic oxidation sites excluding steroid dienone is 1. The Bertz CT molecular complexity index is 780. The molecule has 1 aliphatic heterocycles. The summed E-state index contributed by atoms with van der Waals surface area (Å²) in [5, 5.41) is 3.25. The van der Waals surface area contributed by atoms with Crippen LogP contribution in [0.25, 0.3) is 0 Å². The third-order valence-electron chi connectivity index (χ3n) is 3.90. The molecule has 1 atom stereocenters. The molecule has 0 fully saturated rings. The summed E-state index contributed by atoms with van der Waals surface area (Å²) in [6.45, 7) is 4.03. The lowest BCUT2D eigenvalue weighted by Gasteiger charge is -2.26. The molecule has 1 unspecified atom stereocenters.